The van der Waals surface area contributed by atoms with Gasteiger partial charge in [0.1, 0.15) is 6.33 Å². The molecule has 0 unspecified atom stereocenters. The summed E-state index contributed by atoms with van der Waals surface area (Å²) in [5, 5.41) is 10.9. The van der Waals surface area contributed by atoms with Crippen molar-refractivity contribution in [2.24, 2.45) is 0 Å². The summed E-state index contributed by atoms with van der Waals surface area (Å²) in [6.45, 7) is 0. The van der Waals surface area contributed by atoms with Crippen LogP contribution in [0.15, 0.2) is 36.7 Å². The first-order valence-corrected chi connectivity index (χ1v) is 5.73. The molecule has 0 bridgehead atoms. The third-order valence-corrected chi connectivity index (χ3v) is 2.65. The maximum Gasteiger partial charge on any atom is 0.280 e. The Morgan fingerprint density at radius 3 is 2.80 bits per heavy atom. The van der Waals surface area contributed by atoms with Gasteiger partial charge in [-0.25, -0.2) is 9.97 Å². The van der Waals surface area contributed by atoms with E-state index in [0.717, 1.165) is 0 Å². The number of ketones is 1. The Bertz CT molecular complexity index is 658. The molecule has 7 nitrogen and oxygen atoms in total. The monoisotopic (exact) mass is 273 g/mol. The number of ether oxygens (including phenoxy) is 1. The van der Waals surface area contributed by atoms with Crippen LogP contribution in [-0.2, 0) is 6.42 Å². The van der Waals surface area contributed by atoms with Gasteiger partial charge in [0.2, 0.25) is 5.88 Å². The van der Waals surface area contributed by atoms with E-state index >= 15 is 0 Å². The van der Waals surface area contributed by atoms with Crippen molar-refractivity contribution < 1.29 is 14.5 Å². The Morgan fingerprint density at radius 2 is 2.10 bits per heavy atom. The van der Waals surface area contributed by atoms with Gasteiger partial charge in [0, 0.05) is 12.1 Å². The van der Waals surface area contributed by atoms with E-state index in [-0.39, 0.29) is 23.5 Å². The second-order valence-corrected chi connectivity index (χ2v) is 3.93. The number of nitro benzene ring substituents is 1. The van der Waals surface area contributed by atoms with Gasteiger partial charge in [-0.1, -0.05) is 12.1 Å². The van der Waals surface area contributed by atoms with Crippen LogP contribution in [0.1, 0.15) is 16.1 Å². The van der Waals surface area contributed by atoms with Crippen LogP contribution in [0, 0.1) is 10.1 Å². The first-order chi connectivity index (χ1) is 9.61. The SMILES string of the molecule is COc1cc(CC(=O)c2ccccc2[N+](=O)[O-])ncn1. The first-order valence-electron chi connectivity index (χ1n) is 5.73. The second-order valence-electron chi connectivity index (χ2n) is 3.93. The van der Waals surface area contributed by atoms with E-state index in [1.54, 1.807) is 6.07 Å². The highest BCUT2D eigenvalue weighted by Gasteiger charge is 2.19. The molecule has 0 saturated heterocycles. The lowest BCUT2D eigenvalue weighted by atomic mass is 10.0. The average molecular weight is 273 g/mol. The molecule has 0 aliphatic heterocycles. The van der Waals surface area contributed by atoms with Crippen molar-refractivity contribution in [3.8, 4) is 5.88 Å². The predicted molar refractivity (Wildman–Crippen MR) is 69.7 cm³/mol. The van der Waals surface area contributed by atoms with E-state index in [4.69, 9.17) is 4.74 Å². The molecule has 102 valence electrons. The van der Waals surface area contributed by atoms with Crippen LogP contribution in [-0.4, -0.2) is 27.8 Å². The number of methoxy groups -OCH3 is 1. The van der Waals surface area contributed by atoms with Crippen LogP contribution in [0.3, 0.4) is 0 Å². The van der Waals surface area contributed by atoms with Gasteiger partial charge < -0.3 is 4.74 Å². The smallest absolute Gasteiger partial charge is 0.280 e. The number of para-hydroxylation sites is 1. The highest BCUT2D eigenvalue weighted by atomic mass is 16.6. The summed E-state index contributed by atoms with van der Waals surface area (Å²) in [6.07, 6.45) is 1.23. The molecule has 0 amide bonds. The Labute approximate surface area is 114 Å². The minimum atomic E-state index is -0.576. The van der Waals surface area contributed by atoms with Gasteiger partial charge in [-0.15, -0.1) is 0 Å². The molecule has 0 spiro atoms. The number of nitro groups is 1. The molecule has 0 saturated carbocycles. The molecule has 1 aromatic heterocycles. The third kappa shape index (κ3) is 2.94. The maximum absolute atomic E-state index is 12.1. The van der Waals surface area contributed by atoms with Gasteiger partial charge in [0.15, 0.2) is 5.78 Å². The topological polar surface area (TPSA) is 95.2 Å². The molecule has 0 aliphatic carbocycles. The summed E-state index contributed by atoms with van der Waals surface area (Å²) < 4.78 is 4.93. The quantitative estimate of drug-likeness (QED) is 0.468. The van der Waals surface area contributed by atoms with Crippen molar-refractivity contribution in [2.45, 2.75) is 6.42 Å². The van der Waals surface area contributed by atoms with Gasteiger partial charge in [0.05, 0.1) is 29.7 Å². The summed E-state index contributed by atoms with van der Waals surface area (Å²) in [5.74, 6) is -0.0385. The number of carbonyl (C=O) groups excluding carboxylic acids is 1. The van der Waals surface area contributed by atoms with E-state index in [2.05, 4.69) is 9.97 Å². The molecular weight excluding hydrogens is 262 g/mol. The van der Waals surface area contributed by atoms with Gasteiger partial charge >= 0.3 is 0 Å². The van der Waals surface area contributed by atoms with E-state index in [0.29, 0.717) is 11.6 Å². The maximum atomic E-state index is 12.1. The molecule has 2 aromatic rings. The number of Topliss-reactive ketones (excluding diaryl/α,β-unsaturated/α-hetero) is 1. The van der Waals surface area contributed by atoms with Crippen LogP contribution in [0.2, 0.25) is 0 Å². The zero-order valence-corrected chi connectivity index (χ0v) is 10.6. The molecule has 0 N–H and O–H groups in total. The van der Waals surface area contributed by atoms with Crippen molar-refractivity contribution in [2.75, 3.05) is 7.11 Å². The molecular formula is C13H11N3O4. The number of hydrogen-bond donors (Lipinski definition) is 0. The fourth-order valence-corrected chi connectivity index (χ4v) is 1.71. The zero-order chi connectivity index (χ0) is 14.5. The van der Waals surface area contributed by atoms with Crippen molar-refractivity contribution in [1.82, 2.24) is 9.97 Å². The summed E-state index contributed by atoms with van der Waals surface area (Å²) in [5.41, 5.74) is 0.300. The molecule has 1 aromatic carbocycles. The van der Waals surface area contributed by atoms with Crippen molar-refractivity contribution in [3.05, 3.63) is 58.0 Å². The summed E-state index contributed by atoms with van der Waals surface area (Å²) in [7, 11) is 1.45. The number of rotatable bonds is 5. The Morgan fingerprint density at radius 1 is 1.35 bits per heavy atom. The predicted octanol–water partition coefficient (Wildman–Crippen LogP) is 1.82. The van der Waals surface area contributed by atoms with Crippen molar-refractivity contribution >= 4 is 11.5 Å². The molecule has 1 heterocycles. The average Bonchev–Trinajstić information content (AvgIpc) is 2.47. The number of aromatic nitrogens is 2. The molecule has 7 heteroatoms. The van der Waals surface area contributed by atoms with Crippen LogP contribution in [0.4, 0.5) is 5.69 Å². The molecule has 0 aliphatic rings. The van der Waals surface area contributed by atoms with Gasteiger partial charge in [-0.3, -0.25) is 14.9 Å². The molecule has 0 fully saturated rings. The van der Waals surface area contributed by atoms with E-state index in [9.17, 15) is 14.9 Å². The Kier molecular flexibility index (Phi) is 3.99. The van der Waals surface area contributed by atoms with E-state index in [1.807, 2.05) is 0 Å². The summed E-state index contributed by atoms with van der Waals surface area (Å²) in [6, 6.07) is 7.35. The van der Waals surface area contributed by atoms with Crippen LogP contribution in [0.25, 0.3) is 0 Å². The van der Waals surface area contributed by atoms with Crippen molar-refractivity contribution in [3.63, 3.8) is 0 Å². The van der Waals surface area contributed by atoms with Gasteiger partial charge in [0.25, 0.3) is 5.69 Å². The number of benzene rings is 1. The highest BCUT2D eigenvalue weighted by Crippen LogP contribution is 2.19. The minimum absolute atomic E-state index is 0.0519. The highest BCUT2D eigenvalue weighted by molar-refractivity contribution is 6.00. The normalized spacial score (nSPS) is 10.1. The van der Waals surface area contributed by atoms with Crippen molar-refractivity contribution in [1.29, 1.82) is 0 Å². The Balaban J connectivity index is 2.26. The number of nitrogens with zero attached hydrogens (tertiary/aromatic N) is 3. The zero-order valence-electron chi connectivity index (χ0n) is 10.6. The lowest BCUT2D eigenvalue weighted by Gasteiger charge is -2.03. The second kappa shape index (κ2) is 5.87. The van der Waals surface area contributed by atoms with E-state index in [1.165, 1.54) is 37.7 Å². The van der Waals surface area contributed by atoms with Crippen LogP contribution in [0.5, 0.6) is 5.88 Å². The summed E-state index contributed by atoms with van der Waals surface area (Å²) in [4.78, 5) is 30.2. The standard InChI is InChI=1S/C13H11N3O4/c1-20-13-7-9(14-8-15-13)6-12(17)10-4-2-3-5-11(10)16(18)19/h2-5,7-8H,6H2,1H3. The Hall–Kier alpha value is -2.83. The molecule has 20 heavy (non-hydrogen) atoms. The fourth-order valence-electron chi connectivity index (χ4n) is 1.71. The van der Waals surface area contributed by atoms with Gasteiger partial charge in [-0.2, -0.15) is 0 Å². The number of carbonyl (C=O) groups is 1. The lowest BCUT2D eigenvalue weighted by Crippen LogP contribution is -2.08. The van der Waals surface area contributed by atoms with Crippen LogP contribution >= 0.6 is 0 Å². The lowest BCUT2D eigenvalue weighted by molar-refractivity contribution is -0.385. The summed E-state index contributed by atoms with van der Waals surface area (Å²) >= 11 is 0. The fraction of sp³-hybridized carbons (Fsp3) is 0.154. The third-order valence-electron chi connectivity index (χ3n) is 2.65. The van der Waals surface area contributed by atoms with Gasteiger partial charge in [-0.05, 0) is 6.07 Å². The number of hydrogen-bond acceptors (Lipinski definition) is 6. The largest absolute Gasteiger partial charge is 0.481 e. The van der Waals surface area contributed by atoms with Crippen LogP contribution < -0.4 is 4.74 Å². The molecule has 2 rings (SSSR count). The first kappa shape index (κ1) is 13.6. The minimum Gasteiger partial charge on any atom is -0.481 e. The molecule has 0 atom stereocenters. The van der Waals surface area contributed by atoms with E-state index < -0.39 is 4.92 Å². The molecule has 0 radical (unpaired) electrons.